The molecule has 3 N–H and O–H groups in total. The Morgan fingerprint density at radius 2 is 2.00 bits per heavy atom. The van der Waals surface area contributed by atoms with Crippen molar-refractivity contribution in [3.05, 3.63) is 35.4 Å². The first-order chi connectivity index (χ1) is 7.20. The number of carbonyl (C=O) groups is 1. The maximum Gasteiger partial charge on any atom is 0.336 e. The number of nitrogens with two attached hydrogens (primary N) is 1. The molecule has 1 aromatic carbocycles. The topological polar surface area (TPSA) is 88.0 Å². The first-order valence-electron chi connectivity index (χ1n) is 4.23. The van der Waals surface area contributed by atoms with Gasteiger partial charge in [-0.15, -0.1) is 0 Å². The number of hydrogen-bond donors (Lipinski definition) is 2. The molecule has 0 aliphatic carbocycles. The number of benzene rings is 1. The number of aromatic carboxylic acids is 1. The van der Waals surface area contributed by atoms with Gasteiger partial charge in [-0.25, -0.2) is 4.79 Å². The van der Waals surface area contributed by atoms with E-state index in [4.69, 9.17) is 10.9 Å². The van der Waals surface area contributed by atoms with Crippen LogP contribution in [-0.2, 0) is 0 Å². The molecule has 0 aromatic heterocycles. The molecule has 0 heterocycles. The summed E-state index contributed by atoms with van der Waals surface area (Å²) < 4.78 is 0. The number of aliphatic imine (C=N–C) groups is 1. The average Bonchev–Trinajstić information content (AvgIpc) is 2.26. The predicted molar refractivity (Wildman–Crippen MR) is 58.5 cm³/mol. The number of carboxylic acid groups (broad SMARTS) is 1. The summed E-state index contributed by atoms with van der Waals surface area (Å²) in [5.74, 6) is 4.15. The third-order valence-electron chi connectivity index (χ3n) is 1.82. The van der Waals surface area contributed by atoms with Gasteiger partial charge in [0.2, 0.25) is 0 Å². The third-order valence-corrected chi connectivity index (χ3v) is 1.82. The molecule has 1 rings (SSSR count). The van der Waals surface area contributed by atoms with E-state index < -0.39 is 5.97 Å². The lowest BCUT2D eigenvalue weighted by molar-refractivity contribution is 0.0696. The molecule has 1 aromatic rings. The quantitative estimate of drug-likeness (QED) is 0.433. The number of hydrazone groups is 1. The fourth-order valence-electron chi connectivity index (χ4n) is 1.19. The summed E-state index contributed by atoms with van der Waals surface area (Å²) in [6, 6.07) is 6.49. The molecule has 0 aliphatic rings. The fourth-order valence-corrected chi connectivity index (χ4v) is 1.19. The van der Waals surface area contributed by atoms with Gasteiger partial charge in [0, 0.05) is 18.8 Å². The second kappa shape index (κ2) is 4.90. The lowest BCUT2D eigenvalue weighted by Gasteiger charge is -2.03. The van der Waals surface area contributed by atoms with Crippen LogP contribution in [0.4, 0.5) is 0 Å². The van der Waals surface area contributed by atoms with E-state index >= 15 is 0 Å². The smallest absolute Gasteiger partial charge is 0.336 e. The fraction of sp³-hybridized carbons (Fsp3) is 0.100. The van der Waals surface area contributed by atoms with Crippen molar-refractivity contribution in [3.63, 3.8) is 0 Å². The van der Waals surface area contributed by atoms with Crippen molar-refractivity contribution >= 4 is 17.9 Å². The minimum atomic E-state index is -1.02. The van der Waals surface area contributed by atoms with Crippen LogP contribution in [0.3, 0.4) is 0 Å². The van der Waals surface area contributed by atoms with E-state index in [-0.39, 0.29) is 5.56 Å². The molecule has 0 saturated heterocycles. The molecule has 0 spiro atoms. The Labute approximate surface area is 86.9 Å². The van der Waals surface area contributed by atoms with Crippen LogP contribution in [0.15, 0.2) is 34.4 Å². The summed E-state index contributed by atoms with van der Waals surface area (Å²) in [7, 11) is 1.56. The second-order valence-electron chi connectivity index (χ2n) is 2.75. The maximum absolute atomic E-state index is 10.9. The summed E-state index contributed by atoms with van der Waals surface area (Å²) in [5.41, 5.74) is 0.954. The minimum Gasteiger partial charge on any atom is -0.478 e. The number of rotatable bonds is 3. The molecule has 0 bridgehead atoms. The van der Waals surface area contributed by atoms with Crippen molar-refractivity contribution in [3.8, 4) is 0 Å². The van der Waals surface area contributed by atoms with E-state index in [0.29, 0.717) is 11.3 Å². The molecule has 0 radical (unpaired) electrons. The van der Waals surface area contributed by atoms with Gasteiger partial charge in [0.25, 0.3) is 0 Å². The van der Waals surface area contributed by atoms with Crippen LogP contribution in [-0.4, -0.2) is 30.0 Å². The molecule has 0 saturated carbocycles. The van der Waals surface area contributed by atoms with Crippen molar-refractivity contribution in [2.45, 2.75) is 0 Å². The zero-order chi connectivity index (χ0) is 11.3. The van der Waals surface area contributed by atoms with Crippen LogP contribution >= 0.6 is 0 Å². The summed E-state index contributed by atoms with van der Waals surface area (Å²) in [5, 5.41) is 12.4. The molecule has 15 heavy (non-hydrogen) atoms. The molecule has 5 heteroatoms. The van der Waals surface area contributed by atoms with Gasteiger partial charge in [-0.3, -0.25) is 4.99 Å². The van der Waals surface area contributed by atoms with Crippen LogP contribution in [0.25, 0.3) is 0 Å². The Bertz CT molecular complexity index is 424. The molecule has 0 unspecified atom stereocenters. The van der Waals surface area contributed by atoms with Gasteiger partial charge in [-0.05, 0) is 6.07 Å². The first-order valence-corrected chi connectivity index (χ1v) is 4.23. The number of carboxylic acids is 1. The largest absolute Gasteiger partial charge is 0.478 e. The van der Waals surface area contributed by atoms with Crippen LogP contribution in [0.5, 0.6) is 0 Å². The number of nitrogens with zero attached hydrogens (tertiary/aromatic N) is 2. The van der Waals surface area contributed by atoms with E-state index in [1.54, 1.807) is 25.2 Å². The van der Waals surface area contributed by atoms with Gasteiger partial charge in [0.15, 0.2) is 0 Å². The lowest BCUT2D eigenvalue weighted by Crippen LogP contribution is -2.12. The van der Waals surface area contributed by atoms with Crippen LogP contribution in [0, 0.1) is 0 Å². The monoisotopic (exact) mass is 205 g/mol. The Kier molecular flexibility index (Phi) is 3.56. The Morgan fingerprint density at radius 1 is 1.40 bits per heavy atom. The Balaban J connectivity index is 3.29. The van der Waals surface area contributed by atoms with Crippen molar-refractivity contribution in [2.75, 3.05) is 7.05 Å². The zero-order valence-corrected chi connectivity index (χ0v) is 8.21. The van der Waals surface area contributed by atoms with Gasteiger partial charge < -0.3 is 10.9 Å². The Hall–Kier alpha value is -2.17. The summed E-state index contributed by atoms with van der Waals surface area (Å²) >= 11 is 0. The van der Waals surface area contributed by atoms with Gasteiger partial charge in [0.05, 0.1) is 5.56 Å². The minimum absolute atomic E-state index is 0.154. The molecular weight excluding hydrogens is 194 g/mol. The molecule has 0 fully saturated rings. The highest BCUT2D eigenvalue weighted by atomic mass is 16.4. The lowest BCUT2D eigenvalue weighted by atomic mass is 10.0. The normalized spacial score (nSPS) is 11.9. The highest BCUT2D eigenvalue weighted by Crippen LogP contribution is 2.09. The van der Waals surface area contributed by atoms with Gasteiger partial charge >= 0.3 is 5.97 Å². The molecule has 0 amide bonds. The van der Waals surface area contributed by atoms with Gasteiger partial charge in [-0.1, -0.05) is 18.2 Å². The molecule has 0 aliphatic heterocycles. The van der Waals surface area contributed by atoms with E-state index in [2.05, 4.69) is 10.1 Å². The predicted octanol–water partition coefficient (Wildman–Crippen LogP) is 0.748. The highest BCUT2D eigenvalue weighted by Gasteiger charge is 2.12. The molecule has 5 nitrogen and oxygen atoms in total. The van der Waals surface area contributed by atoms with Crippen LogP contribution < -0.4 is 5.84 Å². The van der Waals surface area contributed by atoms with Crippen LogP contribution in [0.1, 0.15) is 15.9 Å². The zero-order valence-electron chi connectivity index (χ0n) is 8.21. The average molecular weight is 205 g/mol. The van der Waals surface area contributed by atoms with E-state index in [0.717, 1.165) is 0 Å². The SMILES string of the molecule is CN=CC(=NN)c1ccccc1C(=O)O. The van der Waals surface area contributed by atoms with E-state index in [1.165, 1.54) is 12.3 Å². The number of hydrogen-bond acceptors (Lipinski definition) is 4. The first kappa shape index (κ1) is 10.9. The van der Waals surface area contributed by atoms with Crippen LogP contribution in [0.2, 0.25) is 0 Å². The van der Waals surface area contributed by atoms with Gasteiger partial charge in [0.1, 0.15) is 5.71 Å². The standard InChI is InChI=1S/C10H11N3O2/c1-12-6-9(13-11)7-4-2-3-5-8(7)10(14)15/h2-6H,11H2,1H3,(H,14,15). The molecule has 0 atom stereocenters. The second-order valence-corrected chi connectivity index (χ2v) is 2.75. The van der Waals surface area contributed by atoms with E-state index in [9.17, 15) is 4.79 Å². The summed E-state index contributed by atoms with van der Waals surface area (Å²) in [6.07, 6.45) is 1.42. The molecular formula is C10H11N3O2. The van der Waals surface area contributed by atoms with Crippen molar-refractivity contribution in [1.29, 1.82) is 0 Å². The van der Waals surface area contributed by atoms with Crippen molar-refractivity contribution in [1.82, 2.24) is 0 Å². The highest BCUT2D eigenvalue weighted by molar-refractivity contribution is 6.39. The van der Waals surface area contributed by atoms with Crippen molar-refractivity contribution < 1.29 is 9.90 Å². The maximum atomic E-state index is 10.9. The van der Waals surface area contributed by atoms with Gasteiger partial charge in [-0.2, -0.15) is 5.10 Å². The summed E-state index contributed by atoms with van der Waals surface area (Å²) in [4.78, 5) is 14.7. The summed E-state index contributed by atoms with van der Waals surface area (Å²) in [6.45, 7) is 0. The van der Waals surface area contributed by atoms with Crippen molar-refractivity contribution in [2.24, 2.45) is 15.9 Å². The Morgan fingerprint density at radius 3 is 2.47 bits per heavy atom. The molecule has 78 valence electrons. The van der Waals surface area contributed by atoms with E-state index in [1.807, 2.05) is 0 Å². The third kappa shape index (κ3) is 2.40.